The van der Waals surface area contributed by atoms with Gasteiger partial charge in [0.25, 0.3) is 0 Å². The van der Waals surface area contributed by atoms with Gasteiger partial charge < -0.3 is 9.47 Å². The van der Waals surface area contributed by atoms with Crippen molar-refractivity contribution in [3.63, 3.8) is 0 Å². The smallest absolute Gasteiger partial charge is 0.316 e. The lowest BCUT2D eigenvalue weighted by atomic mass is 9.64. The highest BCUT2D eigenvalue weighted by molar-refractivity contribution is 5.84. The molecule has 98 valence electrons. The summed E-state index contributed by atoms with van der Waals surface area (Å²) in [6.07, 6.45) is 2.39. The van der Waals surface area contributed by atoms with E-state index in [0.717, 1.165) is 6.42 Å². The molecule has 0 unspecified atom stereocenters. The third-order valence-corrected chi connectivity index (χ3v) is 3.57. The molecule has 0 amide bonds. The molecule has 0 spiro atoms. The zero-order valence-electron chi connectivity index (χ0n) is 10.7. The first-order valence-corrected chi connectivity index (χ1v) is 6.15. The molecule has 3 nitrogen and oxygen atoms in total. The van der Waals surface area contributed by atoms with Crippen LogP contribution in [0.1, 0.15) is 31.7 Å². The maximum Gasteiger partial charge on any atom is 0.316 e. The van der Waals surface area contributed by atoms with Crippen LogP contribution < -0.4 is 4.74 Å². The van der Waals surface area contributed by atoms with E-state index in [4.69, 9.17) is 9.47 Å². The van der Waals surface area contributed by atoms with E-state index in [2.05, 4.69) is 0 Å². The average molecular weight is 252 g/mol. The minimum Gasteiger partial charge on any atom is -0.491 e. The number of methoxy groups -OCH3 is 1. The molecule has 18 heavy (non-hydrogen) atoms. The lowest BCUT2D eigenvalue weighted by Crippen LogP contribution is -2.43. The van der Waals surface area contributed by atoms with E-state index in [9.17, 15) is 9.18 Å². The first-order valence-electron chi connectivity index (χ1n) is 6.15. The number of hydrogen-bond donors (Lipinski definition) is 0. The molecule has 4 heteroatoms. The van der Waals surface area contributed by atoms with Crippen LogP contribution in [-0.4, -0.2) is 19.7 Å². The van der Waals surface area contributed by atoms with Crippen molar-refractivity contribution in [1.29, 1.82) is 0 Å². The quantitative estimate of drug-likeness (QED) is 0.773. The van der Waals surface area contributed by atoms with Crippen LogP contribution in [0.25, 0.3) is 0 Å². The van der Waals surface area contributed by atoms with E-state index in [1.807, 2.05) is 0 Å². The third-order valence-electron chi connectivity index (χ3n) is 3.57. The maximum absolute atomic E-state index is 13.8. The number of ether oxygens (including phenoxy) is 2. The van der Waals surface area contributed by atoms with Gasteiger partial charge in [0.15, 0.2) is 11.6 Å². The lowest BCUT2D eigenvalue weighted by Gasteiger charge is -2.39. The Hall–Kier alpha value is -1.58. The van der Waals surface area contributed by atoms with E-state index in [1.54, 1.807) is 19.1 Å². The van der Waals surface area contributed by atoms with Crippen LogP contribution in [0.3, 0.4) is 0 Å². The van der Waals surface area contributed by atoms with Crippen molar-refractivity contribution in [2.24, 2.45) is 0 Å². The molecule has 1 aliphatic rings. The summed E-state index contributed by atoms with van der Waals surface area (Å²) in [6, 6.07) is 4.72. The number of carbonyl (C=O) groups is 1. The lowest BCUT2D eigenvalue weighted by molar-refractivity contribution is -0.151. The van der Waals surface area contributed by atoms with Gasteiger partial charge in [0.05, 0.1) is 19.1 Å². The minimum absolute atomic E-state index is 0.223. The number of benzene rings is 1. The highest BCUT2D eigenvalue weighted by atomic mass is 19.1. The summed E-state index contributed by atoms with van der Waals surface area (Å²) in [5.41, 5.74) is 0.0295. The fourth-order valence-electron chi connectivity index (χ4n) is 2.41. The first kappa shape index (κ1) is 12.9. The molecule has 0 heterocycles. The molecular weight excluding hydrogens is 235 g/mol. The average Bonchev–Trinajstić information content (AvgIpc) is 2.31. The molecule has 1 saturated carbocycles. The molecule has 0 bridgehead atoms. The van der Waals surface area contributed by atoms with Crippen molar-refractivity contribution in [2.75, 3.05) is 13.7 Å². The van der Waals surface area contributed by atoms with Crippen molar-refractivity contribution in [2.45, 2.75) is 31.6 Å². The normalized spacial score (nSPS) is 16.8. The predicted molar refractivity (Wildman–Crippen MR) is 65.1 cm³/mol. The van der Waals surface area contributed by atoms with Crippen molar-refractivity contribution in [1.82, 2.24) is 0 Å². The Morgan fingerprint density at radius 3 is 2.61 bits per heavy atom. The zero-order valence-corrected chi connectivity index (χ0v) is 10.7. The Labute approximate surface area is 106 Å². The third kappa shape index (κ3) is 1.96. The first-order chi connectivity index (χ1) is 8.64. The van der Waals surface area contributed by atoms with Gasteiger partial charge >= 0.3 is 5.97 Å². The largest absolute Gasteiger partial charge is 0.491 e. The summed E-state index contributed by atoms with van der Waals surface area (Å²) in [6.45, 7) is 2.22. The summed E-state index contributed by atoms with van der Waals surface area (Å²) in [4.78, 5) is 11.9. The number of hydrogen-bond acceptors (Lipinski definition) is 3. The van der Waals surface area contributed by atoms with Crippen LogP contribution in [0.15, 0.2) is 18.2 Å². The fourth-order valence-corrected chi connectivity index (χ4v) is 2.41. The molecule has 1 aromatic rings. The fraction of sp³-hybridized carbons (Fsp3) is 0.500. The number of esters is 1. The van der Waals surface area contributed by atoms with Gasteiger partial charge in [-0.1, -0.05) is 12.5 Å². The molecule has 0 radical (unpaired) electrons. The Morgan fingerprint density at radius 2 is 2.17 bits per heavy atom. The minimum atomic E-state index is -0.652. The molecular formula is C14H17FO3. The molecule has 2 rings (SSSR count). The van der Waals surface area contributed by atoms with E-state index < -0.39 is 11.2 Å². The second-order valence-electron chi connectivity index (χ2n) is 4.51. The Bertz CT molecular complexity index is 452. The Morgan fingerprint density at radius 1 is 1.44 bits per heavy atom. The number of rotatable bonds is 4. The van der Waals surface area contributed by atoms with Gasteiger partial charge in [0, 0.05) is 0 Å². The van der Waals surface area contributed by atoms with Crippen LogP contribution in [0.5, 0.6) is 5.75 Å². The topological polar surface area (TPSA) is 35.5 Å². The number of halogens is 1. The van der Waals surface area contributed by atoms with Gasteiger partial charge in [-0.25, -0.2) is 4.39 Å². The Kier molecular flexibility index (Phi) is 3.55. The van der Waals surface area contributed by atoms with E-state index >= 15 is 0 Å². The molecule has 1 fully saturated rings. The molecule has 1 aromatic carbocycles. The zero-order chi connectivity index (χ0) is 13.2. The van der Waals surface area contributed by atoms with Gasteiger partial charge in [0.2, 0.25) is 0 Å². The summed E-state index contributed by atoms with van der Waals surface area (Å²) in [5, 5.41) is 0. The summed E-state index contributed by atoms with van der Waals surface area (Å²) in [5.74, 6) is -0.484. The van der Waals surface area contributed by atoms with Crippen LogP contribution in [0.4, 0.5) is 4.39 Å². The van der Waals surface area contributed by atoms with Crippen LogP contribution in [0, 0.1) is 5.82 Å². The molecule has 0 atom stereocenters. The highest BCUT2D eigenvalue weighted by Crippen LogP contribution is 2.45. The van der Waals surface area contributed by atoms with Gasteiger partial charge in [-0.15, -0.1) is 0 Å². The second kappa shape index (κ2) is 4.96. The van der Waals surface area contributed by atoms with Crippen molar-refractivity contribution in [3.8, 4) is 5.75 Å². The van der Waals surface area contributed by atoms with Crippen molar-refractivity contribution >= 4 is 5.97 Å². The van der Waals surface area contributed by atoms with E-state index in [0.29, 0.717) is 25.0 Å². The van der Waals surface area contributed by atoms with Crippen LogP contribution in [-0.2, 0) is 14.9 Å². The molecule has 0 aromatic heterocycles. The summed E-state index contributed by atoms with van der Waals surface area (Å²) < 4.78 is 23.8. The molecule has 0 N–H and O–H groups in total. The van der Waals surface area contributed by atoms with Gasteiger partial charge in [-0.2, -0.15) is 0 Å². The highest BCUT2D eigenvalue weighted by Gasteiger charge is 2.47. The van der Waals surface area contributed by atoms with Crippen molar-refractivity contribution < 1.29 is 18.7 Å². The summed E-state index contributed by atoms with van der Waals surface area (Å²) >= 11 is 0. The van der Waals surface area contributed by atoms with E-state index in [1.165, 1.54) is 13.2 Å². The number of carbonyl (C=O) groups excluding carboxylic acids is 1. The van der Waals surface area contributed by atoms with Gasteiger partial charge in [0.1, 0.15) is 0 Å². The second-order valence-corrected chi connectivity index (χ2v) is 4.51. The van der Waals surface area contributed by atoms with E-state index in [-0.39, 0.29) is 11.7 Å². The Balaban J connectivity index is 2.33. The van der Waals surface area contributed by atoms with Crippen LogP contribution in [0.2, 0.25) is 0 Å². The van der Waals surface area contributed by atoms with Crippen LogP contribution >= 0.6 is 0 Å². The monoisotopic (exact) mass is 252 g/mol. The molecule has 0 saturated heterocycles. The molecule has 1 aliphatic carbocycles. The molecule has 0 aliphatic heterocycles. The van der Waals surface area contributed by atoms with Crippen molar-refractivity contribution in [3.05, 3.63) is 29.6 Å². The van der Waals surface area contributed by atoms with Gasteiger partial charge in [-0.3, -0.25) is 4.79 Å². The predicted octanol–water partition coefficient (Wildman–Crippen LogP) is 2.82. The summed E-state index contributed by atoms with van der Waals surface area (Å²) in [7, 11) is 1.37. The SMILES string of the molecule is CCOc1ccc(C2(C(=O)OC)CCC2)cc1F. The maximum atomic E-state index is 13.8. The van der Waals surface area contributed by atoms with Gasteiger partial charge in [-0.05, 0) is 37.5 Å². The standard InChI is InChI=1S/C14H17FO3/c1-3-18-12-6-5-10(9-11(12)15)14(7-4-8-14)13(16)17-2/h5-6,9H,3-4,7-8H2,1-2H3.